The summed E-state index contributed by atoms with van der Waals surface area (Å²) in [5, 5.41) is 3.00. The highest BCUT2D eigenvalue weighted by atomic mass is 16.5. The number of anilines is 1. The van der Waals surface area contributed by atoms with Crippen LogP contribution in [0.2, 0.25) is 0 Å². The minimum atomic E-state index is -0.269. The van der Waals surface area contributed by atoms with E-state index in [4.69, 9.17) is 4.74 Å². The molecule has 2 amide bonds. The van der Waals surface area contributed by atoms with Gasteiger partial charge in [-0.1, -0.05) is 11.6 Å². The molecule has 0 aromatic heterocycles. The van der Waals surface area contributed by atoms with Crippen LogP contribution in [0, 0.1) is 5.92 Å². The maximum atomic E-state index is 12.4. The van der Waals surface area contributed by atoms with E-state index < -0.39 is 0 Å². The first-order chi connectivity index (χ1) is 12.2. The number of carbonyl (C=O) groups excluding carboxylic acids is 2. The summed E-state index contributed by atoms with van der Waals surface area (Å²) in [5.41, 5.74) is 2.27. The van der Waals surface area contributed by atoms with Crippen LogP contribution in [0.1, 0.15) is 38.5 Å². The van der Waals surface area contributed by atoms with Gasteiger partial charge in [0.05, 0.1) is 13.0 Å². The van der Waals surface area contributed by atoms with Gasteiger partial charge >= 0.3 is 0 Å². The molecule has 0 bridgehead atoms. The molecule has 1 fully saturated rings. The van der Waals surface area contributed by atoms with Crippen molar-refractivity contribution in [1.82, 2.24) is 5.32 Å². The molecule has 25 heavy (non-hydrogen) atoms. The number of allylic oxidation sites excluding steroid dienone is 1. The van der Waals surface area contributed by atoms with E-state index in [1.54, 1.807) is 12.0 Å². The third-order valence-electron chi connectivity index (χ3n) is 5.01. The van der Waals surface area contributed by atoms with Crippen molar-refractivity contribution in [2.45, 2.75) is 38.5 Å². The topological polar surface area (TPSA) is 58.6 Å². The third kappa shape index (κ3) is 4.41. The molecule has 5 nitrogen and oxygen atoms in total. The van der Waals surface area contributed by atoms with E-state index in [0.29, 0.717) is 13.1 Å². The fourth-order valence-corrected chi connectivity index (χ4v) is 3.52. The molecule has 0 saturated carbocycles. The van der Waals surface area contributed by atoms with E-state index in [2.05, 4.69) is 11.4 Å². The lowest BCUT2D eigenvalue weighted by Crippen LogP contribution is -2.33. The molecule has 1 N–H and O–H groups in total. The van der Waals surface area contributed by atoms with Gasteiger partial charge in [-0.25, -0.2) is 0 Å². The molecule has 1 aromatic rings. The Morgan fingerprint density at radius 3 is 2.76 bits per heavy atom. The summed E-state index contributed by atoms with van der Waals surface area (Å²) in [5.74, 6) is 0.470. The molecule has 1 atom stereocenters. The predicted octanol–water partition coefficient (Wildman–Crippen LogP) is 3.05. The van der Waals surface area contributed by atoms with Crippen molar-refractivity contribution >= 4 is 17.5 Å². The molecule has 134 valence electrons. The Morgan fingerprint density at radius 1 is 1.28 bits per heavy atom. The molecule has 1 heterocycles. The average molecular weight is 342 g/mol. The van der Waals surface area contributed by atoms with Gasteiger partial charge in [0.1, 0.15) is 5.75 Å². The van der Waals surface area contributed by atoms with Crippen LogP contribution < -0.4 is 15.0 Å². The lowest BCUT2D eigenvalue weighted by molar-refractivity contribution is -0.126. The zero-order chi connectivity index (χ0) is 17.6. The number of nitrogens with one attached hydrogen (secondary N) is 1. The standard InChI is InChI=1S/C20H26N2O3/c1-25-18-9-7-17(8-10-18)22-14-16(13-19(22)23)20(24)21-12-11-15-5-3-2-4-6-15/h5,7-10,16H,2-4,6,11-14H2,1H3,(H,21,24)/t16-/m1/s1. The Balaban J connectivity index is 1.50. The van der Waals surface area contributed by atoms with Crippen molar-refractivity contribution in [3.8, 4) is 5.75 Å². The summed E-state index contributed by atoms with van der Waals surface area (Å²) in [6.07, 6.45) is 8.37. The van der Waals surface area contributed by atoms with Crippen LogP contribution in [-0.2, 0) is 9.59 Å². The van der Waals surface area contributed by atoms with Crippen LogP contribution in [0.3, 0.4) is 0 Å². The number of carbonyl (C=O) groups is 2. The fourth-order valence-electron chi connectivity index (χ4n) is 3.52. The van der Waals surface area contributed by atoms with Crippen LogP contribution in [0.5, 0.6) is 5.75 Å². The maximum Gasteiger partial charge on any atom is 0.227 e. The number of benzene rings is 1. The Labute approximate surface area is 149 Å². The second-order valence-corrected chi connectivity index (χ2v) is 6.75. The zero-order valence-electron chi connectivity index (χ0n) is 14.8. The number of nitrogens with zero attached hydrogens (tertiary/aromatic N) is 1. The summed E-state index contributed by atoms with van der Waals surface area (Å²) in [6.45, 7) is 1.11. The zero-order valence-corrected chi connectivity index (χ0v) is 14.8. The van der Waals surface area contributed by atoms with Crippen LogP contribution in [0.15, 0.2) is 35.9 Å². The molecule has 3 rings (SSSR count). The van der Waals surface area contributed by atoms with E-state index in [0.717, 1.165) is 30.7 Å². The van der Waals surface area contributed by atoms with E-state index in [-0.39, 0.29) is 24.2 Å². The Kier molecular flexibility index (Phi) is 5.74. The van der Waals surface area contributed by atoms with E-state index >= 15 is 0 Å². The molecule has 0 spiro atoms. The van der Waals surface area contributed by atoms with Crippen LogP contribution >= 0.6 is 0 Å². The van der Waals surface area contributed by atoms with Crippen LogP contribution in [0.25, 0.3) is 0 Å². The first-order valence-corrected chi connectivity index (χ1v) is 9.07. The average Bonchev–Trinajstić information content (AvgIpc) is 3.04. The molecule has 2 aliphatic rings. The van der Waals surface area contributed by atoms with Crippen molar-refractivity contribution in [2.24, 2.45) is 5.92 Å². The Bertz CT molecular complexity index is 651. The molecule has 0 unspecified atom stereocenters. The second kappa shape index (κ2) is 8.19. The summed E-state index contributed by atoms with van der Waals surface area (Å²) in [7, 11) is 1.61. The highest BCUT2D eigenvalue weighted by Crippen LogP contribution is 2.27. The first-order valence-electron chi connectivity index (χ1n) is 9.07. The second-order valence-electron chi connectivity index (χ2n) is 6.75. The van der Waals surface area contributed by atoms with Gasteiger partial charge in [0.15, 0.2) is 0 Å². The Hall–Kier alpha value is -2.30. The van der Waals surface area contributed by atoms with Crippen molar-refractivity contribution in [1.29, 1.82) is 0 Å². The minimum absolute atomic E-state index is 0.000283. The van der Waals surface area contributed by atoms with Gasteiger partial charge < -0.3 is 15.0 Å². The predicted molar refractivity (Wildman–Crippen MR) is 97.6 cm³/mol. The molecular formula is C20H26N2O3. The number of ether oxygens (including phenoxy) is 1. The number of amides is 2. The molecule has 1 aromatic carbocycles. The number of hydrogen-bond donors (Lipinski definition) is 1. The van der Waals surface area contributed by atoms with Crippen molar-refractivity contribution < 1.29 is 14.3 Å². The van der Waals surface area contributed by atoms with Crippen molar-refractivity contribution in [2.75, 3.05) is 25.1 Å². The van der Waals surface area contributed by atoms with Gasteiger partial charge in [-0.3, -0.25) is 9.59 Å². The smallest absolute Gasteiger partial charge is 0.227 e. The van der Waals surface area contributed by atoms with Crippen molar-refractivity contribution in [3.05, 3.63) is 35.9 Å². The normalized spacial score (nSPS) is 20.4. The summed E-state index contributed by atoms with van der Waals surface area (Å²) < 4.78 is 5.14. The maximum absolute atomic E-state index is 12.4. The van der Waals surface area contributed by atoms with Crippen molar-refractivity contribution in [3.63, 3.8) is 0 Å². The fraction of sp³-hybridized carbons (Fsp3) is 0.500. The summed E-state index contributed by atoms with van der Waals surface area (Å²) in [6, 6.07) is 7.36. The van der Waals surface area contributed by atoms with E-state index in [1.165, 1.54) is 18.4 Å². The van der Waals surface area contributed by atoms with Crippen LogP contribution in [0.4, 0.5) is 5.69 Å². The number of hydrogen-bond acceptors (Lipinski definition) is 3. The lowest BCUT2D eigenvalue weighted by atomic mass is 9.97. The van der Waals surface area contributed by atoms with E-state index in [1.807, 2.05) is 24.3 Å². The monoisotopic (exact) mass is 342 g/mol. The summed E-state index contributed by atoms with van der Waals surface area (Å²) >= 11 is 0. The van der Waals surface area contributed by atoms with Gasteiger partial charge in [0.25, 0.3) is 0 Å². The highest BCUT2D eigenvalue weighted by Gasteiger charge is 2.34. The van der Waals surface area contributed by atoms with Gasteiger partial charge in [-0.15, -0.1) is 0 Å². The Morgan fingerprint density at radius 2 is 2.08 bits per heavy atom. The number of methoxy groups -OCH3 is 1. The molecule has 1 saturated heterocycles. The first kappa shape index (κ1) is 17.5. The third-order valence-corrected chi connectivity index (χ3v) is 5.01. The lowest BCUT2D eigenvalue weighted by Gasteiger charge is -2.17. The summed E-state index contributed by atoms with van der Waals surface area (Å²) in [4.78, 5) is 26.3. The minimum Gasteiger partial charge on any atom is -0.497 e. The molecule has 0 radical (unpaired) electrons. The van der Waals surface area contributed by atoms with Gasteiger partial charge in [0.2, 0.25) is 11.8 Å². The van der Waals surface area contributed by atoms with Gasteiger partial charge in [-0.2, -0.15) is 0 Å². The van der Waals surface area contributed by atoms with Gasteiger partial charge in [-0.05, 0) is 56.4 Å². The molecule has 1 aliphatic carbocycles. The molecular weight excluding hydrogens is 316 g/mol. The van der Waals surface area contributed by atoms with Crippen LogP contribution in [-0.4, -0.2) is 32.0 Å². The SMILES string of the molecule is COc1ccc(N2C[C@H](C(=O)NCCC3=CCCCC3)CC2=O)cc1. The quantitative estimate of drug-likeness (QED) is 0.809. The van der Waals surface area contributed by atoms with E-state index in [9.17, 15) is 9.59 Å². The molecule has 5 heteroatoms. The van der Waals surface area contributed by atoms with Gasteiger partial charge in [0, 0.05) is 25.2 Å². The number of rotatable bonds is 6. The highest BCUT2D eigenvalue weighted by molar-refractivity contribution is 6.00. The molecule has 1 aliphatic heterocycles. The largest absolute Gasteiger partial charge is 0.497 e.